The van der Waals surface area contributed by atoms with E-state index >= 15 is 0 Å². The van der Waals surface area contributed by atoms with E-state index in [9.17, 15) is 4.79 Å². The lowest BCUT2D eigenvalue weighted by molar-refractivity contribution is 0.0777. The zero-order valence-corrected chi connectivity index (χ0v) is 19.1. The SMILES string of the molecule is CCn1cc(Cl)c(CN(C)C(=O)c2cc3nccc(-c4nn(CC)cc4Br)n3n2)n1. The summed E-state index contributed by atoms with van der Waals surface area (Å²) in [6.45, 7) is 5.73. The van der Waals surface area contributed by atoms with E-state index in [2.05, 4.69) is 36.2 Å². The fourth-order valence-electron chi connectivity index (χ4n) is 3.11. The maximum atomic E-state index is 13.0. The zero-order chi connectivity index (χ0) is 21.4. The predicted molar refractivity (Wildman–Crippen MR) is 116 cm³/mol. The monoisotopic (exact) mass is 490 g/mol. The highest BCUT2D eigenvalue weighted by Gasteiger charge is 2.21. The van der Waals surface area contributed by atoms with Gasteiger partial charge in [-0.15, -0.1) is 0 Å². The van der Waals surface area contributed by atoms with E-state index in [1.54, 1.807) is 34.7 Å². The highest BCUT2D eigenvalue weighted by atomic mass is 79.9. The second-order valence-corrected chi connectivity index (χ2v) is 8.01. The van der Waals surface area contributed by atoms with Crippen molar-refractivity contribution in [3.05, 3.63) is 51.6 Å². The zero-order valence-electron chi connectivity index (χ0n) is 16.7. The summed E-state index contributed by atoms with van der Waals surface area (Å²) in [5.74, 6) is -0.244. The topological polar surface area (TPSA) is 86.1 Å². The number of halogens is 2. The highest BCUT2D eigenvalue weighted by molar-refractivity contribution is 9.10. The summed E-state index contributed by atoms with van der Waals surface area (Å²) in [7, 11) is 1.70. The van der Waals surface area contributed by atoms with Gasteiger partial charge in [0.2, 0.25) is 0 Å². The van der Waals surface area contributed by atoms with Gasteiger partial charge in [0.25, 0.3) is 5.91 Å². The van der Waals surface area contributed by atoms with Crippen molar-refractivity contribution in [1.29, 1.82) is 0 Å². The number of hydrogen-bond acceptors (Lipinski definition) is 5. The molecule has 0 aliphatic carbocycles. The van der Waals surface area contributed by atoms with Crippen molar-refractivity contribution in [2.24, 2.45) is 0 Å². The van der Waals surface area contributed by atoms with E-state index < -0.39 is 0 Å². The summed E-state index contributed by atoms with van der Waals surface area (Å²) >= 11 is 9.79. The van der Waals surface area contributed by atoms with E-state index in [1.165, 1.54) is 4.90 Å². The van der Waals surface area contributed by atoms with E-state index in [0.29, 0.717) is 22.9 Å². The average molecular weight is 492 g/mol. The van der Waals surface area contributed by atoms with Crippen LogP contribution < -0.4 is 0 Å². The standard InChI is InChI=1S/C19H20BrClN8O/c1-4-27-9-12(20)18(25-27)16-6-7-22-17-8-14(24-29(16)17)19(30)26(3)11-15-13(21)10-28(5-2)23-15/h6-10H,4-5,11H2,1-3H3. The second-order valence-electron chi connectivity index (χ2n) is 6.75. The van der Waals surface area contributed by atoms with Gasteiger partial charge >= 0.3 is 0 Å². The quantitative estimate of drug-likeness (QED) is 0.412. The van der Waals surface area contributed by atoms with Crippen molar-refractivity contribution in [3.8, 4) is 11.4 Å². The Balaban J connectivity index is 1.65. The molecule has 0 aromatic carbocycles. The van der Waals surface area contributed by atoms with Crippen molar-refractivity contribution in [3.63, 3.8) is 0 Å². The number of fused-ring (bicyclic) bond motifs is 1. The van der Waals surface area contributed by atoms with Gasteiger partial charge in [0.15, 0.2) is 11.3 Å². The molecule has 9 nitrogen and oxygen atoms in total. The van der Waals surface area contributed by atoms with Crippen LogP contribution >= 0.6 is 27.5 Å². The first-order chi connectivity index (χ1) is 14.4. The Labute approximate surface area is 186 Å². The largest absolute Gasteiger partial charge is 0.334 e. The maximum absolute atomic E-state index is 13.0. The Morgan fingerprint density at radius 2 is 1.90 bits per heavy atom. The normalized spacial score (nSPS) is 11.4. The molecule has 156 valence electrons. The third-order valence-corrected chi connectivity index (χ3v) is 5.60. The number of carbonyl (C=O) groups is 1. The van der Waals surface area contributed by atoms with Gasteiger partial charge in [-0.25, -0.2) is 9.50 Å². The molecular weight excluding hydrogens is 472 g/mol. The molecule has 30 heavy (non-hydrogen) atoms. The first kappa shape index (κ1) is 20.5. The molecule has 0 saturated heterocycles. The fraction of sp³-hybridized carbons (Fsp3) is 0.316. The third kappa shape index (κ3) is 3.72. The van der Waals surface area contributed by atoms with Crippen LogP contribution in [0.25, 0.3) is 17.0 Å². The van der Waals surface area contributed by atoms with Crippen LogP contribution in [-0.4, -0.2) is 52.0 Å². The van der Waals surface area contributed by atoms with Crippen LogP contribution in [0.1, 0.15) is 30.0 Å². The fourth-order valence-corrected chi connectivity index (χ4v) is 3.84. The molecule has 4 aromatic rings. The van der Waals surface area contributed by atoms with Crippen molar-refractivity contribution in [1.82, 2.24) is 39.1 Å². The molecule has 0 saturated carbocycles. The summed E-state index contributed by atoms with van der Waals surface area (Å²) < 4.78 is 6.05. The van der Waals surface area contributed by atoms with Gasteiger partial charge in [-0.2, -0.15) is 15.3 Å². The van der Waals surface area contributed by atoms with Crippen LogP contribution in [0, 0.1) is 0 Å². The highest BCUT2D eigenvalue weighted by Crippen LogP contribution is 2.27. The van der Waals surface area contributed by atoms with E-state index in [1.807, 2.05) is 30.8 Å². The molecule has 0 aliphatic heterocycles. The van der Waals surface area contributed by atoms with Gasteiger partial charge in [-0.1, -0.05) is 11.6 Å². The van der Waals surface area contributed by atoms with Gasteiger partial charge in [0.1, 0.15) is 11.4 Å². The summed E-state index contributed by atoms with van der Waals surface area (Å²) in [6, 6.07) is 3.49. The Morgan fingerprint density at radius 1 is 1.17 bits per heavy atom. The van der Waals surface area contributed by atoms with Crippen molar-refractivity contribution < 1.29 is 4.79 Å². The van der Waals surface area contributed by atoms with Crippen LogP contribution in [-0.2, 0) is 19.6 Å². The number of hydrogen-bond donors (Lipinski definition) is 0. The minimum atomic E-state index is -0.244. The van der Waals surface area contributed by atoms with Gasteiger partial charge < -0.3 is 4.90 Å². The van der Waals surface area contributed by atoms with Crippen LogP contribution in [0.15, 0.2) is 35.2 Å². The van der Waals surface area contributed by atoms with Gasteiger partial charge in [0.05, 0.1) is 21.7 Å². The summed E-state index contributed by atoms with van der Waals surface area (Å²) in [5, 5.41) is 14.0. The molecule has 1 amide bonds. The van der Waals surface area contributed by atoms with Gasteiger partial charge in [0, 0.05) is 44.8 Å². The number of carbonyl (C=O) groups excluding carboxylic acids is 1. The summed E-state index contributed by atoms with van der Waals surface area (Å²) in [6.07, 6.45) is 5.34. The Hall–Kier alpha value is -2.72. The molecule has 0 unspecified atom stereocenters. The third-order valence-electron chi connectivity index (χ3n) is 4.71. The molecule has 0 aliphatic rings. The molecule has 0 N–H and O–H groups in total. The first-order valence-electron chi connectivity index (χ1n) is 9.46. The van der Waals surface area contributed by atoms with Crippen molar-refractivity contribution in [2.75, 3.05) is 7.05 Å². The lowest BCUT2D eigenvalue weighted by atomic mass is 10.3. The number of aromatic nitrogens is 7. The molecule has 4 heterocycles. The minimum absolute atomic E-state index is 0.244. The summed E-state index contributed by atoms with van der Waals surface area (Å²) in [5.41, 5.74) is 2.97. The Morgan fingerprint density at radius 3 is 2.57 bits per heavy atom. The predicted octanol–water partition coefficient (Wildman–Crippen LogP) is 3.52. The number of nitrogens with zero attached hydrogens (tertiary/aromatic N) is 8. The molecule has 0 atom stereocenters. The van der Waals surface area contributed by atoms with Crippen molar-refractivity contribution in [2.45, 2.75) is 33.5 Å². The Kier molecular flexibility index (Phi) is 5.61. The molecule has 0 fully saturated rings. The molecule has 0 radical (unpaired) electrons. The van der Waals surface area contributed by atoms with Crippen molar-refractivity contribution >= 4 is 39.1 Å². The summed E-state index contributed by atoms with van der Waals surface area (Å²) in [4.78, 5) is 18.9. The Bertz CT molecular complexity index is 1230. The molecule has 0 bridgehead atoms. The molecule has 11 heteroatoms. The van der Waals surface area contributed by atoms with E-state index in [0.717, 1.165) is 22.4 Å². The maximum Gasteiger partial charge on any atom is 0.274 e. The molecular formula is C19H20BrClN8O. The lowest BCUT2D eigenvalue weighted by Gasteiger charge is -2.14. The second kappa shape index (κ2) is 8.19. The first-order valence-corrected chi connectivity index (χ1v) is 10.6. The number of rotatable bonds is 6. The van der Waals surface area contributed by atoms with E-state index in [-0.39, 0.29) is 18.1 Å². The van der Waals surface area contributed by atoms with Gasteiger partial charge in [-0.05, 0) is 35.8 Å². The van der Waals surface area contributed by atoms with Crippen LogP contribution in [0.4, 0.5) is 0 Å². The number of amides is 1. The number of aryl methyl sites for hydroxylation is 2. The lowest BCUT2D eigenvalue weighted by Crippen LogP contribution is -2.27. The van der Waals surface area contributed by atoms with Crippen LogP contribution in [0.5, 0.6) is 0 Å². The molecule has 4 rings (SSSR count). The van der Waals surface area contributed by atoms with Crippen LogP contribution in [0.3, 0.4) is 0 Å². The molecule has 4 aromatic heterocycles. The van der Waals surface area contributed by atoms with E-state index in [4.69, 9.17) is 11.6 Å². The van der Waals surface area contributed by atoms with Crippen LogP contribution in [0.2, 0.25) is 5.02 Å². The smallest absolute Gasteiger partial charge is 0.274 e. The van der Waals surface area contributed by atoms with Gasteiger partial charge in [-0.3, -0.25) is 14.2 Å². The molecule has 0 spiro atoms. The minimum Gasteiger partial charge on any atom is -0.334 e. The average Bonchev–Trinajstić information content (AvgIpc) is 3.43.